The molecular weight excluding hydrogens is 479 g/mol. The Morgan fingerprint density at radius 3 is 2.66 bits per heavy atom. The van der Waals surface area contributed by atoms with E-state index in [0.29, 0.717) is 18.6 Å². The number of piperidine rings is 1. The van der Waals surface area contributed by atoms with Gasteiger partial charge in [-0.15, -0.1) is 24.0 Å². The van der Waals surface area contributed by atoms with Gasteiger partial charge < -0.3 is 25.0 Å². The lowest BCUT2D eigenvalue weighted by atomic mass is 9.99. The molecule has 1 heterocycles. The zero-order valence-electron chi connectivity index (χ0n) is 18.1. The molecule has 2 aliphatic rings. The number of halogens is 1. The van der Waals surface area contributed by atoms with E-state index in [4.69, 9.17) is 9.47 Å². The maximum absolute atomic E-state index is 6.33. The number of methoxy groups -OCH3 is 1. The lowest BCUT2D eigenvalue weighted by molar-refractivity contribution is 0.198. The van der Waals surface area contributed by atoms with Gasteiger partial charge in [0.05, 0.1) is 13.2 Å². The first-order valence-electron chi connectivity index (χ1n) is 10.6. The minimum absolute atomic E-state index is 0. The monoisotopic (exact) mass is 516 g/mol. The van der Waals surface area contributed by atoms with Crippen LogP contribution in [0.5, 0.6) is 11.5 Å². The van der Waals surface area contributed by atoms with Gasteiger partial charge in [-0.1, -0.05) is 12.1 Å². The molecule has 1 aromatic rings. The number of aliphatic imine (C=N–C) groups is 1. The van der Waals surface area contributed by atoms with E-state index in [-0.39, 0.29) is 24.0 Å². The third kappa shape index (κ3) is 7.20. The van der Waals surface area contributed by atoms with Crippen LogP contribution in [0.4, 0.5) is 0 Å². The standard InChI is InChI=1S/C22H36N4O2.HI/c1-23-22(24-14-17-8-7-13-26(2)16-17)25-15-18-9-6-12-20(27-3)21(18)28-19-10-4-5-11-19;/h6,9,12,17,19H,4-5,7-8,10-11,13-16H2,1-3H3,(H2,23,24,25);1H. The first-order chi connectivity index (χ1) is 13.7. The van der Waals surface area contributed by atoms with E-state index < -0.39 is 0 Å². The Balaban J connectivity index is 0.00000300. The predicted octanol–water partition coefficient (Wildman–Crippen LogP) is 3.64. The second kappa shape index (κ2) is 12.5. The van der Waals surface area contributed by atoms with Crippen LogP contribution in [0.15, 0.2) is 23.2 Å². The van der Waals surface area contributed by atoms with Gasteiger partial charge in [0, 0.05) is 32.2 Å². The average Bonchev–Trinajstić information content (AvgIpc) is 3.22. The zero-order valence-corrected chi connectivity index (χ0v) is 20.4. The number of benzene rings is 1. The van der Waals surface area contributed by atoms with E-state index in [1.54, 1.807) is 7.11 Å². The van der Waals surface area contributed by atoms with Crippen molar-refractivity contribution in [2.75, 3.05) is 40.8 Å². The van der Waals surface area contributed by atoms with Gasteiger partial charge in [0.1, 0.15) is 0 Å². The first-order valence-corrected chi connectivity index (χ1v) is 10.6. The van der Waals surface area contributed by atoms with Crippen LogP contribution in [0.3, 0.4) is 0 Å². The van der Waals surface area contributed by atoms with Crippen molar-refractivity contribution in [1.82, 2.24) is 15.5 Å². The average molecular weight is 516 g/mol. The number of nitrogens with one attached hydrogen (secondary N) is 2. The lowest BCUT2D eigenvalue weighted by Crippen LogP contribution is -2.43. The van der Waals surface area contributed by atoms with Crippen LogP contribution >= 0.6 is 24.0 Å². The molecule has 2 fully saturated rings. The molecule has 6 nitrogen and oxygen atoms in total. The molecule has 3 rings (SSSR count). The van der Waals surface area contributed by atoms with E-state index in [2.05, 4.69) is 33.6 Å². The summed E-state index contributed by atoms with van der Waals surface area (Å²) in [5.41, 5.74) is 1.10. The van der Waals surface area contributed by atoms with Gasteiger partial charge in [-0.25, -0.2) is 0 Å². The number of nitrogens with zero attached hydrogens (tertiary/aromatic N) is 2. The molecule has 0 bridgehead atoms. The quantitative estimate of drug-likeness (QED) is 0.329. The molecule has 1 aliphatic carbocycles. The smallest absolute Gasteiger partial charge is 0.191 e. The van der Waals surface area contributed by atoms with Gasteiger partial charge >= 0.3 is 0 Å². The minimum Gasteiger partial charge on any atom is -0.493 e. The van der Waals surface area contributed by atoms with Gasteiger partial charge in [0.2, 0.25) is 0 Å². The van der Waals surface area contributed by atoms with Crippen LogP contribution < -0.4 is 20.1 Å². The third-order valence-corrected chi connectivity index (χ3v) is 5.82. The van der Waals surface area contributed by atoms with Crippen molar-refractivity contribution < 1.29 is 9.47 Å². The third-order valence-electron chi connectivity index (χ3n) is 5.82. The number of para-hydroxylation sites is 1. The van der Waals surface area contributed by atoms with Gasteiger partial charge in [-0.3, -0.25) is 4.99 Å². The molecule has 0 spiro atoms. The molecule has 0 amide bonds. The Kier molecular flexibility index (Phi) is 10.3. The minimum atomic E-state index is 0. The fourth-order valence-electron chi connectivity index (χ4n) is 4.25. The molecule has 7 heteroatoms. The maximum Gasteiger partial charge on any atom is 0.191 e. The van der Waals surface area contributed by atoms with Crippen molar-refractivity contribution in [3.8, 4) is 11.5 Å². The van der Waals surface area contributed by atoms with Crippen molar-refractivity contribution in [1.29, 1.82) is 0 Å². The molecule has 164 valence electrons. The summed E-state index contributed by atoms with van der Waals surface area (Å²) < 4.78 is 11.9. The maximum atomic E-state index is 6.33. The Morgan fingerprint density at radius 2 is 1.97 bits per heavy atom. The summed E-state index contributed by atoms with van der Waals surface area (Å²) in [4.78, 5) is 6.80. The second-order valence-corrected chi connectivity index (χ2v) is 8.05. The summed E-state index contributed by atoms with van der Waals surface area (Å²) in [6.45, 7) is 3.97. The predicted molar refractivity (Wildman–Crippen MR) is 130 cm³/mol. The fourth-order valence-corrected chi connectivity index (χ4v) is 4.25. The van der Waals surface area contributed by atoms with E-state index in [0.717, 1.165) is 49.0 Å². The topological polar surface area (TPSA) is 58.1 Å². The molecule has 1 aromatic carbocycles. The lowest BCUT2D eigenvalue weighted by Gasteiger charge is -2.30. The Morgan fingerprint density at radius 1 is 1.17 bits per heavy atom. The normalized spacial score (nSPS) is 20.8. The molecule has 0 radical (unpaired) electrons. The summed E-state index contributed by atoms with van der Waals surface area (Å²) in [7, 11) is 5.73. The molecule has 0 aromatic heterocycles. The van der Waals surface area contributed by atoms with E-state index >= 15 is 0 Å². The van der Waals surface area contributed by atoms with Crippen LogP contribution in [-0.2, 0) is 6.54 Å². The molecule has 1 unspecified atom stereocenters. The summed E-state index contributed by atoms with van der Waals surface area (Å²) in [6, 6.07) is 6.09. The highest BCUT2D eigenvalue weighted by Gasteiger charge is 2.21. The zero-order chi connectivity index (χ0) is 19.8. The number of hydrogen-bond donors (Lipinski definition) is 2. The molecule has 2 N–H and O–H groups in total. The molecule has 1 saturated carbocycles. The Hall–Kier alpha value is -1.22. The van der Waals surface area contributed by atoms with E-state index in [1.165, 1.54) is 32.2 Å². The van der Waals surface area contributed by atoms with Crippen molar-refractivity contribution >= 4 is 29.9 Å². The van der Waals surface area contributed by atoms with Gasteiger partial charge in [0.25, 0.3) is 0 Å². The van der Waals surface area contributed by atoms with Crippen LogP contribution in [0.2, 0.25) is 0 Å². The van der Waals surface area contributed by atoms with Crippen LogP contribution in [0.1, 0.15) is 44.1 Å². The van der Waals surface area contributed by atoms with Crippen molar-refractivity contribution in [2.45, 2.75) is 51.2 Å². The highest BCUT2D eigenvalue weighted by atomic mass is 127. The van der Waals surface area contributed by atoms with Crippen molar-refractivity contribution in [2.24, 2.45) is 10.9 Å². The molecule has 1 aliphatic heterocycles. The number of hydrogen-bond acceptors (Lipinski definition) is 4. The summed E-state index contributed by atoms with van der Waals surface area (Å²) in [5, 5.41) is 6.93. The van der Waals surface area contributed by atoms with Gasteiger partial charge in [0.15, 0.2) is 17.5 Å². The SMILES string of the molecule is CN=C(NCc1cccc(OC)c1OC1CCCC1)NCC1CCCN(C)C1.I. The highest BCUT2D eigenvalue weighted by Crippen LogP contribution is 2.34. The molecule has 1 saturated heterocycles. The van der Waals surface area contributed by atoms with E-state index in [1.807, 2.05) is 19.2 Å². The molecular formula is C22H37IN4O2. The van der Waals surface area contributed by atoms with Crippen molar-refractivity contribution in [3.05, 3.63) is 23.8 Å². The van der Waals surface area contributed by atoms with Crippen LogP contribution in [0, 0.1) is 5.92 Å². The Labute approximate surface area is 192 Å². The summed E-state index contributed by atoms with van der Waals surface area (Å²) >= 11 is 0. The molecule has 1 atom stereocenters. The number of rotatable bonds is 7. The highest BCUT2D eigenvalue weighted by molar-refractivity contribution is 14.0. The number of ether oxygens (including phenoxy) is 2. The number of likely N-dealkylation sites (tertiary alicyclic amines) is 1. The fraction of sp³-hybridized carbons (Fsp3) is 0.682. The van der Waals surface area contributed by atoms with Crippen molar-refractivity contribution in [3.63, 3.8) is 0 Å². The van der Waals surface area contributed by atoms with Gasteiger partial charge in [-0.2, -0.15) is 0 Å². The first kappa shape index (κ1) is 24.1. The second-order valence-electron chi connectivity index (χ2n) is 8.05. The van der Waals surface area contributed by atoms with Crippen LogP contribution in [-0.4, -0.2) is 57.8 Å². The summed E-state index contributed by atoms with van der Waals surface area (Å²) in [5.74, 6) is 3.19. The number of guanidine groups is 1. The summed E-state index contributed by atoms with van der Waals surface area (Å²) in [6.07, 6.45) is 7.62. The van der Waals surface area contributed by atoms with Gasteiger partial charge in [-0.05, 0) is 64.1 Å². The Bertz CT molecular complexity index is 650. The van der Waals surface area contributed by atoms with Crippen LogP contribution in [0.25, 0.3) is 0 Å². The molecule has 29 heavy (non-hydrogen) atoms. The van der Waals surface area contributed by atoms with E-state index in [9.17, 15) is 0 Å². The largest absolute Gasteiger partial charge is 0.493 e.